The maximum Gasteiger partial charge on any atom is 0.416 e. The maximum atomic E-state index is 12.6. The predicted octanol–water partition coefficient (Wildman–Crippen LogP) is 3.37. The Bertz CT molecular complexity index is 886. The molecule has 0 saturated heterocycles. The molecule has 0 amide bonds. The Balaban J connectivity index is 0.00000420. The molecule has 0 saturated carbocycles. The molecule has 2 rings (SSSR count). The van der Waals surface area contributed by atoms with Gasteiger partial charge in [0.25, 0.3) is 0 Å². The van der Waals surface area contributed by atoms with Gasteiger partial charge in [-0.25, -0.2) is 13.1 Å². The zero-order valence-corrected chi connectivity index (χ0v) is 19.7. The van der Waals surface area contributed by atoms with Gasteiger partial charge in [-0.15, -0.1) is 35.3 Å². The average molecular weight is 562 g/mol. The second-order valence-electron chi connectivity index (χ2n) is 5.85. The Labute approximate surface area is 189 Å². The third-order valence-corrected chi connectivity index (χ3v) is 6.59. The molecule has 0 aliphatic rings. The van der Waals surface area contributed by atoms with Gasteiger partial charge in [-0.2, -0.15) is 13.2 Å². The third-order valence-electron chi connectivity index (χ3n) is 3.73. The van der Waals surface area contributed by atoms with Gasteiger partial charge < -0.3 is 10.2 Å². The predicted molar refractivity (Wildman–Crippen MR) is 119 cm³/mol. The van der Waals surface area contributed by atoms with E-state index in [4.69, 9.17) is 0 Å². The number of hydrogen-bond acceptors (Lipinski definition) is 4. The second kappa shape index (κ2) is 11.1. The highest BCUT2D eigenvalue weighted by molar-refractivity contribution is 14.0. The minimum Gasteiger partial charge on any atom is -0.355 e. The van der Waals surface area contributed by atoms with Gasteiger partial charge >= 0.3 is 6.18 Å². The Hall–Kier alpha value is -1.38. The average Bonchev–Trinajstić information content (AvgIpc) is 3.17. The van der Waals surface area contributed by atoms with Crippen LogP contribution < -0.4 is 10.0 Å². The number of aliphatic imine (C=N–C) groups is 1. The maximum absolute atomic E-state index is 12.6. The molecular weight excluding hydrogens is 540 g/mol. The van der Waals surface area contributed by atoms with Crippen LogP contribution in [0.3, 0.4) is 0 Å². The summed E-state index contributed by atoms with van der Waals surface area (Å²) in [6.45, 7) is 0.806. The summed E-state index contributed by atoms with van der Waals surface area (Å²) in [6.07, 6.45) is -4.36. The molecule has 0 aliphatic heterocycles. The van der Waals surface area contributed by atoms with E-state index in [2.05, 4.69) is 15.0 Å². The van der Waals surface area contributed by atoms with Crippen molar-refractivity contribution >= 4 is 51.3 Å². The van der Waals surface area contributed by atoms with Crippen LogP contribution in [0.5, 0.6) is 0 Å². The van der Waals surface area contributed by atoms with E-state index < -0.39 is 21.8 Å². The van der Waals surface area contributed by atoms with E-state index in [9.17, 15) is 21.6 Å². The standard InChI is InChI=1S/C17H21F3N4O2S2.HI/c1-21-16(22-9-10-23-28(25,26)15-4-3-11-27-15)24(2)12-13-5-7-14(8-6-13)17(18,19)20;/h3-8,11,23H,9-10,12H2,1-2H3,(H,21,22);1H. The minimum atomic E-state index is -4.36. The summed E-state index contributed by atoms with van der Waals surface area (Å²) < 4.78 is 64.7. The Kier molecular flexibility index (Phi) is 9.85. The fourth-order valence-corrected chi connectivity index (χ4v) is 4.45. The van der Waals surface area contributed by atoms with Crippen LogP contribution in [0.15, 0.2) is 51.0 Å². The first-order chi connectivity index (χ1) is 13.1. The molecule has 162 valence electrons. The van der Waals surface area contributed by atoms with E-state index in [1.165, 1.54) is 18.2 Å². The Morgan fingerprint density at radius 2 is 1.83 bits per heavy atom. The molecule has 12 heteroatoms. The Morgan fingerprint density at radius 3 is 2.34 bits per heavy atom. The summed E-state index contributed by atoms with van der Waals surface area (Å²) in [5.41, 5.74) is -0.00344. The van der Waals surface area contributed by atoms with E-state index in [1.54, 1.807) is 30.4 Å². The number of guanidine groups is 1. The molecule has 1 heterocycles. The van der Waals surface area contributed by atoms with Crippen LogP contribution in [0.2, 0.25) is 0 Å². The number of halogens is 4. The van der Waals surface area contributed by atoms with Crippen LogP contribution in [0.25, 0.3) is 0 Å². The van der Waals surface area contributed by atoms with Gasteiger partial charge in [-0.1, -0.05) is 18.2 Å². The second-order valence-corrected chi connectivity index (χ2v) is 8.80. The molecule has 1 aromatic carbocycles. The number of nitrogens with zero attached hydrogens (tertiary/aromatic N) is 2. The van der Waals surface area contributed by atoms with Crippen molar-refractivity contribution in [1.82, 2.24) is 14.9 Å². The van der Waals surface area contributed by atoms with Crippen molar-refractivity contribution in [1.29, 1.82) is 0 Å². The summed E-state index contributed by atoms with van der Waals surface area (Å²) in [5.74, 6) is 0.496. The summed E-state index contributed by atoms with van der Waals surface area (Å²) >= 11 is 1.13. The third kappa shape index (κ3) is 7.75. The fraction of sp³-hybridized carbons (Fsp3) is 0.353. The molecule has 0 fully saturated rings. The SMILES string of the molecule is CN=C(NCCNS(=O)(=O)c1cccs1)N(C)Cc1ccc(C(F)(F)F)cc1.I. The monoisotopic (exact) mass is 562 g/mol. The summed E-state index contributed by atoms with van der Waals surface area (Å²) in [7, 11) is -0.214. The molecule has 0 bridgehead atoms. The molecule has 0 spiro atoms. The van der Waals surface area contributed by atoms with Crippen molar-refractivity contribution < 1.29 is 21.6 Å². The Morgan fingerprint density at radius 1 is 1.17 bits per heavy atom. The lowest BCUT2D eigenvalue weighted by molar-refractivity contribution is -0.137. The summed E-state index contributed by atoms with van der Waals surface area (Å²) in [5, 5.41) is 4.70. The topological polar surface area (TPSA) is 73.8 Å². The van der Waals surface area contributed by atoms with Crippen LogP contribution >= 0.6 is 35.3 Å². The van der Waals surface area contributed by atoms with Gasteiger partial charge in [0.2, 0.25) is 10.0 Å². The van der Waals surface area contributed by atoms with E-state index in [1.807, 2.05) is 0 Å². The number of nitrogens with one attached hydrogen (secondary N) is 2. The lowest BCUT2D eigenvalue weighted by atomic mass is 10.1. The molecule has 1 aromatic heterocycles. The van der Waals surface area contributed by atoms with Crippen molar-refractivity contribution in [2.45, 2.75) is 16.9 Å². The minimum absolute atomic E-state index is 0. The molecule has 0 atom stereocenters. The van der Waals surface area contributed by atoms with Crippen LogP contribution in [0.4, 0.5) is 13.2 Å². The lowest BCUT2D eigenvalue weighted by Gasteiger charge is -2.22. The largest absolute Gasteiger partial charge is 0.416 e. The van der Waals surface area contributed by atoms with Gasteiger partial charge in [-0.3, -0.25) is 4.99 Å². The molecule has 29 heavy (non-hydrogen) atoms. The van der Waals surface area contributed by atoms with Crippen LogP contribution in [0.1, 0.15) is 11.1 Å². The van der Waals surface area contributed by atoms with Crippen molar-refractivity contribution in [3.63, 3.8) is 0 Å². The van der Waals surface area contributed by atoms with Crippen LogP contribution in [-0.2, 0) is 22.7 Å². The first-order valence-electron chi connectivity index (χ1n) is 8.24. The van der Waals surface area contributed by atoms with Crippen molar-refractivity contribution in [3.05, 3.63) is 52.9 Å². The highest BCUT2D eigenvalue weighted by atomic mass is 127. The summed E-state index contributed by atoms with van der Waals surface area (Å²) in [4.78, 5) is 5.83. The van der Waals surface area contributed by atoms with Gasteiger partial charge in [0.05, 0.1) is 5.56 Å². The van der Waals surface area contributed by atoms with E-state index >= 15 is 0 Å². The van der Waals surface area contributed by atoms with Crippen LogP contribution in [0, 0.1) is 0 Å². The normalized spacial score (nSPS) is 12.4. The number of sulfonamides is 1. The highest BCUT2D eigenvalue weighted by Crippen LogP contribution is 2.29. The zero-order valence-electron chi connectivity index (χ0n) is 15.7. The van der Waals surface area contributed by atoms with Gasteiger partial charge in [0.1, 0.15) is 4.21 Å². The number of thiophene rings is 1. The number of benzene rings is 1. The number of alkyl halides is 3. The molecule has 6 nitrogen and oxygen atoms in total. The van der Waals surface area contributed by atoms with Crippen molar-refractivity contribution in [2.75, 3.05) is 27.2 Å². The van der Waals surface area contributed by atoms with Gasteiger partial charge in [0.15, 0.2) is 5.96 Å². The van der Waals surface area contributed by atoms with Crippen molar-refractivity contribution in [2.24, 2.45) is 4.99 Å². The summed E-state index contributed by atoms with van der Waals surface area (Å²) in [6, 6.07) is 8.10. The van der Waals surface area contributed by atoms with E-state index in [0.29, 0.717) is 24.6 Å². The van der Waals surface area contributed by atoms with Gasteiger partial charge in [0, 0.05) is 33.7 Å². The molecule has 0 unspecified atom stereocenters. The smallest absolute Gasteiger partial charge is 0.355 e. The molecule has 0 aliphatic carbocycles. The first-order valence-corrected chi connectivity index (χ1v) is 10.6. The quantitative estimate of drug-likeness (QED) is 0.235. The van der Waals surface area contributed by atoms with E-state index in [-0.39, 0.29) is 34.7 Å². The first kappa shape index (κ1) is 25.7. The number of hydrogen-bond donors (Lipinski definition) is 2. The van der Waals surface area contributed by atoms with Crippen molar-refractivity contribution in [3.8, 4) is 0 Å². The number of rotatable bonds is 7. The molecular formula is C17H22F3IN4O2S2. The molecule has 0 radical (unpaired) electrons. The highest BCUT2D eigenvalue weighted by Gasteiger charge is 2.29. The van der Waals surface area contributed by atoms with Gasteiger partial charge in [-0.05, 0) is 29.1 Å². The zero-order chi connectivity index (χ0) is 20.8. The molecule has 2 aromatic rings. The van der Waals surface area contributed by atoms with E-state index in [0.717, 1.165) is 23.5 Å². The fourth-order valence-electron chi connectivity index (χ4n) is 2.38. The lowest BCUT2D eigenvalue weighted by Crippen LogP contribution is -2.42. The molecule has 2 N–H and O–H groups in total. The van der Waals surface area contributed by atoms with Crippen LogP contribution in [-0.4, -0.2) is 46.5 Å².